The maximum absolute atomic E-state index is 12.3. The van der Waals surface area contributed by atoms with Crippen LogP contribution in [0.25, 0.3) is 0 Å². The number of alkyl halides is 2. The fourth-order valence-corrected chi connectivity index (χ4v) is 1.52. The third-order valence-electron chi connectivity index (χ3n) is 1.29. The van der Waals surface area contributed by atoms with Crippen molar-refractivity contribution in [1.29, 1.82) is 0 Å². The second-order valence-corrected chi connectivity index (χ2v) is 3.69. The summed E-state index contributed by atoms with van der Waals surface area (Å²) in [7, 11) is 0. The van der Waals surface area contributed by atoms with Gasteiger partial charge < -0.3 is 0 Å². The highest BCUT2D eigenvalue weighted by Gasteiger charge is 2.17. The lowest BCUT2D eigenvalue weighted by atomic mass is 10.3. The Balaban J connectivity index is 3.32. The molecule has 0 saturated carbocycles. The van der Waals surface area contributed by atoms with Gasteiger partial charge in [-0.2, -0.15) is 0 Å². The first-order valence-electron chi connectivity index (χ1n) is 3.15. The molecule has 1 aromatic heterocycles. The van der Waals surface area contributed by atoms with Crippen LogP contribution in [0, 0.1) is 3.57 Å². The van der Waals surface area contributed by atoms with Gasteiger partial charge in [-0.05, 0) is 28.7 Å². The van der Waals surface area contributed by atoms with Crippen LogP contribution in [0.1, 0.15) is 22.6 Å². The summed E-state index contributed by atoms with van der Waals surface area (Å²) in [5.74, 6) is 0. The van der Waals surface area contributed by atoms with E-state index in [9.17, 15) is 13.6 Å². The summed E-state index contributed by atoms with van der Waals surface area (Å²) in [4.78, 5) is 13.7. The van der Waals surface area contributed by atoms with Gasteiger partial charge >= 0.3 is 0 Å². The van der Waals surface area contributed by atoms with Crippen LogP contribution >= 0.6 is 34.2 Å². The molecule has 1 rings (SSSR count). The fourth-order valence-electron chi connectivity index (χ4n) is 0.741. The third kappa shape index (κ3) is 2.34. The molecule has 0 aliphatic heterocycles. The number of nitrogens with zero attached hydrogens (tertiary/aromatic N) is 1. The largest absolute Gasteiger partial charge is 0.296 e. The Bertz CT molecular complexity index is 346. The van der Waals surface area contributed by atoms with Gasteiger partial charge in [0.25, 0.3) is 6.43 Å². The molecule has 13 heavy (non-hydrogen) atoms. The van der Waals surface area contributed by atoms with E-state index in [0.29, 0.717) is 9.86 Å². The minimum atomic E-state index is -2.76. The van der Waals surface area contributed by atoms with Gasteiger partial charge in [0.05, 0.1) is 5.02 Å². The SMILES string of the molecule is O=Cc1cc(I)c(Cl)c(C(F)F)n1. The van der Waals surface area contributed by atoms with E-state index in [4.69, 9.17) is 11.6 Å². The zero-order valence-electron chi connectivity index (χ0n) is 6.10. The van der Waals surface area contributed by atoms with Crippen LogP contribution < -0.4 is 0 Å². The number of halogens is 4. The maximum Gasteiger partial charge on any atom is 0.281 e. The molecular formula is C7H3ClF2INO. The molecule has 0 unspecified atom stereocenters. The van der Waals surface area contributed by atoms with Crippen LogP contribution in [0.4, 0.5) is 8.78 Å². The van der Waals surface area contributed by atoms with Crippen molar-refractivity contribution < 1.29 is 13.6 Å². The average Bonchev–Trinajstić information content (AvgIpc) is 2.09. The van der Waals surface area contributed by atoms with E-state index >= 15 is 0 Å². The Morgan fingerprint density at radius 1 is 1.62 bits per heavy atom. The Morgan fingerprint density at radius 2 is 2.23 bits per heavy atom. The molecule has 0 fully saturated rings. The summed E-state index contributed by atoms with van der Waals surface area (Å²) in [6.07, 6.45) is -2.36. The van der Waals surface area contributed by atoms with Crippen LogP contribution in [0.15, 0.2) is 6.07 Å². The number of hydrogen-bond donors (Lipinski definition) is 0. The van der Waals surface area contributed by atoms with E-state index < -0.39 is 12.1 Å². The lowest BCUT2D eigenvalue weighted by molar-refractivity contribution is 0.111. The number of pyridine rings is 1. The fraction of sp³-hybridized carbons (Fsp3) is 0.143. The molecular weight excluding hydrogens is 314 g/mol. The van der Waals surface area contributed by atoms with E-state index in [-0.39, 0.29) is 10.7 Å². The van der Waals surface area contributed by atoms with Crippen molar-refractivity contribution in [3.05, 3.63) is 26.0 Å². The number of aromatic nitrogens is 1. The Kier molecular flexibility index (Phi) is 3.55. The van der Waals surface area contributed by atoms with Gasteiger partial charge in [0, 0.05) is 3.57 Å². The van der Waals surface area contributed by atoms with Crippen molar-refractivity contribution in [2.45, 2.75) is 6.43 Å². The van der Waals surface area contributed by atoms with E-state index in [1.54, 1.807) is 22.6 Å². The van der Waals surface area contributed by atoms with E-state index in [2.05, 4.69) is 4.98 Å². The molecule has 0 aliphatic rings. The molecule has 70 valence electrons. The highest BCUT2D eigenvalue weighted by molar-refractivity contribution is 14.1. The molecule has 0 aliphatic carbocycles. The highest BCUT2D eigenvalue weighted by atomic mass is 127. The Morgan fingerprint density at radius 3 is 2.69 bits per heavy atom. The van der Waals surface area contributed by atoms with Gasteiger partial charge in [0.15, 0.2) is 6.29 Å². The first kappa shape index (κ1) is 10.8. The van der Waals surface area contributed by atoms with Gasteiger partial charge in [0.1, 0.15) is 11.4 Å². The lowest BCUT2D eigenvalue weighted by Gasteiger charge is -2.04. The molecule has 0 N–H and O–H groups in total. The van der Waals surface area contributed by atoms with Crippen molar-refractivity contribution in [3.8, 4) is 0 Å². The van der Waals surface area contributed by atoms with Crippen molar-refractivity contribution in [3.63, 3.8) is 0 Å². The summed E-state index contributed by atoms with van der Waals surface area (Å²) >= 11 is 7.32. The second-order valence-electron chi connectivity index (χ2n) is 2.15. The molecule has 1 heterocycles. The summed E-state index contributed by atoms with van der Waals surface area (Å²) in [5, 5.41) is -0.0961. The normalized spacial score (nSPS) is 10.5. The number of aldehydes is 1. The number of carbonyl (C=O) groups is 1. The van der Waals surface area contributed by atoms with Crippen LogP contribution in [0.3, 0.4) is 0 Å². The van der Waals surface area contributed by atoms with Crippen molar-refractivity contribution >= 4 is 40.5 Å². The van der Waals surface area contributed by atoms with E-state index in [0.717, 1.165) is 0 Å². The number of hydrogen-bond acceptors (Lipinski definition) is 2. The smallest absolute Gasteiger partial charge is 0.281 e. The van der Waals surface area contributed by atoms with Gasteiger partial charge in [-0.1, -0.05) is 11.6 Å². The molecule has 0 atom stereocenters. The average molecular weight is 317 g/mol. The molecule has 0 aromatic carbocycles. The van der Waals surface area contributed by atoms with Crippen molar-refractivity contribution in [2.75, 3.05) is 0 Å². The van der Waals surface area contributed by atoms with E-state index in [1.807, 2.05) is 0 Å². The Labute approximate surface area is 91.4 Å². The maximum atomic E-state index is 12.3. The topological polar surface area (TPSA) is 30.0 Å². The van der Waals surface area contributed by atoms with Gasteiger partial charge in [-0.25, -0.2) is 13.8 Å². The minimum Gasteiger partial charge on any atom is -0.296 e. The highest BCUT2D eigenvalue weighted by Crippen LogP contribution is 2.29. The molecule has 0 amide bonds. The standard InChI is InChI=1S/C7H3ClF2INO/c8-5-4(11)1-3(2-13)12-6(5)7(9)10/h1-2,7H. The molecule has 0 bridgehead atoms. The minimum absolute atomic E-state index is 0.0379. The first-order chi connectivity index (χ1) is 6.06. The first-order valence-corrected chi connectivity index (χ1v) is 4.61. The van der Waals surface area contributed by atoms with Crippen LogP contribution in [-0.4, -0.2) is 11.3 Å². The quantitative estimate of drug-likeness (QED) is 0.620. The molecule has 0 radical (unpaired) electrons. The van der Waals surface area contributed by atoms with E-state index in [1.165, 1.54) is 6.07 Å². The van der Waals surface area contributed by atoms with Gasteiger partial charge in [-0.3, -0.25) is 4.79 Å². The van der Waals surface area contributed by atoms with Crippen LogP contribution in [0.2, 0.25) is 5.02 Å². The summed E-state index contributed by atoms with van der Waals surface area (Å²) in [6.45, 7) is 0. The van der Waals surface area contributed by atoms with Gasteiger partial charge in [-0.15, -0.1) is 0 Å². The zero-order valence-corrected chi connectivity index (χ0v) is 9.01. The summed E-state index contributed by atoms with van der Waals surface area (Å²) in [5.41, 5.74) is -0.584. The van der Waals surface area contributed by atoms with Gasteiger partial charge in [0.2, 0.25) is 0 Å². The van der Waals surface area contributed by atoms with Crippen molar-refractivity contribution in [1.82, 2.24) is 4.98 Å². The Hall–Kier alpha value is -0.300. The predicted octanol–water partition coefficient (Wildman–Crippen LogP) is 3.09. The monoisotopic (exact) mass is 317 g/mol. The molecule has 0 spiro atoms. The van der Waals surface area contributed by atoms with Crippen molar-refractivity contribution in [2.24, 2.45) is 0 Å². The summed E-state index contributed by atoms with van der Waals surface area (Å²) < 4.78 is 24.9. The predicted molar refractivity (Wildman–Crippen MR) is 52.3 cm³/mol. The summed E-state index contributed by atoms with van der Waals surface area (Å²) in [6, 6.07) is 1.35. The second kappa shape index (κ2) is 4.28. The molecule has 2 nitrogen and oxygen atoms in total. The van der Waals surface area contributed by atoms with Crippen LogP contribution in [0.5, 0.6) is 0 Å². The molecule has 6 heteroatoms. The number of carbonyl (C=O) groups excluding carboxylic acids is 1. The third-order valence-corrected chi connectivity index (χ3v) is 2.85. The van der Waals surface area contributed by atoms with Crippen LogP contribution in [-0.2, 0) is 0 Å². The molecule has 1 aromatic rings. The molecule has 0 saturated heterocycles. The number of rotatable bonds is 2. The zero-order chi connectivity index (χ0) is 10.0. The lowest BCUT2D eigenvalue weighted by Crippen LogP contribution is -1.98.